The Morgan fingerprint density at radius 1 is 0.980 bits per heavy atom. The number of methoxy groups -OCH3 is 1. The number of esters is 1. The molecule has 0 aliphatic rings. The van der Waals surface area contributed by atoms with Gasteiger partial charge in [-0.3, -0.25) is 9.36 Å². The molecule has 6 aromatic rings. The Labute approximate surface area is 288 Å². The number of nitrogens with zero attached hydrogens (tertiary/aromatic N) is 5. The Morgan fingerprint density at radius 2 is 1.78 bits per heavy atom. The number of ether oxygens (including phenoxy) is 2. The molecule has 3 aromatic carbocycles. The van der Waals surface area contributed by atoms with Crippen molar-refractivity contribution in [2.24, 2.45) is 14.1 Å². The minimum absolute atomic E-state index is 0.0158. The quantitative estimate of drug-likeness (QED) is 0.137. The lowest BCUT2D eigenvalue weighted by Crippen LogP contribution is -2.12. The van der Waals surface area contributed by atoms with Gasteiger partial charge in [-0.05, 0) is 92.1 Å². The van der Waals surface area contributed by atoms with Gasteiger partial charge in [0, 0.05) is 71.1 Å². The molecule has 0 aliphatic carbocycles. The standard InChI is InChI=1S/C37H39ClFN5O5/c1-21-33-31(44(13-6-14-45)36(21)37(47)48-5)12-11-29(38)35(33)34-22(2)42(3)41-30(34)20-49-19-26-18-27(43(4)40-26)9-7-23-15-24-17-25(39)8-10-28(24)32(46)16-23/h8,10-12,15-18,45-46H,6-7,9,13-14,19-20H2,1-5H3. The number of phenolic OH excluding ortho intramolecular Hbond substituents is 1. The second kappa shape index (κ2) is 14.0. The largest absolute Gasteiger partial charge is 0.507 e. The average Bonchev–Trinajstić information content (AvgIpc) is 3.67. The van der Waals surface area contributed by atoms with Crippen LogP contribution in [0.5, 0.6) is 5.75 Å². The van der Waals surface area contributed by atoms with Crippen LogP contribution in [0.1, 0.15) is 50.8 Å². The fourth-order valence-corrected chi connectivity index (χ4v) is 6.96. The molecule has 0 amide bonds. The highest BCUT2D eigenvalue weighted by Gasteiger charge is 2.27. The summed E-state index contributed by atoms with van der Waals surface area (Å²) in [6.07, 6.45) is 1.78. The van der Waals surface area contributed by atoms with Crippen LogP contribution < -0.4 is 0 Å². The minimum atomic E-state index is -0.458. The molecule has 0 saturated heterocycles. The Morgan fingerprint density at radius 3 is 2.53 bits per heavy atom. The van der Waals surface area contributed by atoms with Crippen LogP contribution in [0.15, 0.2) is 48.5 Å². The maximum absolute atomic E-state index is 13.8. The van der Waals surface area contributed by atoms with Crippen molar-refractivity contribution >= 4 is 39.2 Å². The van der Waals surface area contributed by atoms with E-state index in [0.717, 1.165) is 50.2 Å². The third-order valence-corrected chi connectivity index (χ3v) is 9.45. The lowest BCUT2D eigenvalue weighted by Gasteiger charge is -2.12. The summed E-state index contributed by atoms with van der Waals surface area (Å²) in [5, 5.41) is 32.1. The summed E-state index contributed by atoms with van der Waals surface area (Å²) in [6, 6.07) is 13.7. The molecule has 0 bridgehead atoms. The fraction of sp³-hybridized carbons (Fsp3) is 0.324. The molecular formula is C37H39ClFN5O5. The topological polar surface area (TPSA) is 117 Å². The first-order valence-corrected chi connectivity index (χ1v) is 16.4. The number of aliphatic hydroxyl groups excluding tert-OH is 1. The van der Waals surface area contributed by atoms with Gasteiger partial charge in [-0.2, -0.15) is 10.2 Å². The van der Waals surface area contributed by atoms with Gasteiger partial charge in [0.25, 0.3) is 0 Å². The van der Waals surface area contributed by atoms with Crippen LogP contribution in [0.25, 0.3) is 32.8 Å². The molecular weight excluding hydrogens is 649 g/mol. The van der Waals surface area contributed by atoms with E-state index in [0.29, 0.717) is 53.0 Å². The summed E-state index contributed by atoms with van der Waals surface area (Å²) < 4.78 is 30.6. The first-order chi connectivity index (χ1) is 23.5. The Bertz CT molecular complexity index is 2200. The van der Waals surface area contributed by atoms with E-state index in [9.17, 15) is 19.4 Å². The smallest absolute Gasteiger partial charge is 0.354 e. The molecule has 2 N–H and O–H groups in total. The fourth-order valence-electron chi connectivity index (χ4n) is 6.71. The zero-order chi connectivity index (χ0) is 35.0. The highest BCUT2D eigenvalue weighted by atomic mass is 35.5. The minimum Gasteiger partial charge on any atom is -0.507 e. The van der Waals surface area contributed by atoms with E-state index < -0.39 is 5.97 Å². The second-order valence-electron chi connectivity index (χ2n) is 12.3. The average molecular weight is 688 g/mol. The molecule has 0 radical (unpaired) electrons. The molecule has 0 atom stereocenters. The number of aromatic hydroxyl groups is 1. The van der Waals surface area contributed by atoms with E-state index in [-0.39, 0.29) is 31.4 Å². The SMILES string of the molecule is COC(=O)c1c(C)c2c(-c3c(COCc4cc(CCc5cc(O)c6ccc(F)cc6c5)n(C)n4)nn(C)c3C)c(Cl)ccc2n1CCCO. The van der Waals surface area contributed by atoms with Crippen molar-refractivity contribution in [3.8, 4) is 16.9 Å². The molecule has 49 heavy (non-hydrogen) atoms. The zero-order valence-electron chi connectivity index (χ0n) is 28.2. The molecule has 0 aliphatic heterocycles. The normalized spacial score (nSPS) is 11.7. The van der Waals surface area contributed by atoms with Gasteiger partial charge in [0.2, 0.25) is 0 Å². The van der Waals surface area contributed by atoms with Crippen LogP contribution in [0, 0.1) is 19.7 Å². The Hall–Kier alpha value is -4.71. The van der Waals surface area contributed by atoms with E-state index in [4.69, 9.17) is 26.2 Å². The van der Waals surface area contributed by atoms with Crippen molar-refractivity contribution in [2.75, 3.05) is 13.7 Å². The molecule has 256 valence electrons. The number of hydrogen-bond donors (Lipinski definition) is 2. The van der Waals surface area contributed by atoms with Gasteiger partial charge < -0.3 is 24.3 Å². The summed E-state index contributed by atoms with van der Waals surface area (Å²) in [4.78, 5) is 12.9. The molecule has 0 saturated carbocycles. The number of aryl methyl sites for hydroxylation is 6. The van der Waals surface area contributed by atoms with Crippen molar-refractivity contribution in [1.29, 1.82) is 0 Å². The van der Waals surface area contributed by atoms with Gasteiger partial charge >= 0.3 is 5.97 Å². The molecule has 3 heterocycles. The number of aliphatic hydroxyl groups is 1. The molecule has 10 nitrogen and oxygen atoms in total. The number of phenols is 1. The van der Waals surface area contributed by atoms with Gasteiger partial charge in [-0.15, -0.1) is 0 Å². The van der Waals surface area contributed by atoms with Crippen LogP contribution in [0.4, 0.5) is 4.39 Å². The maximum Gasteiger partial charge on any atom is 0.354 e. The number of fused-ring (bicyclic) bond motifs is 2. The third-order valence-electron chi connectivity index (χ3n) is 9.14. The van der Waals surface area contributed by atoms with E-state index in [2.05, 4.69) is 5.10 Å². The van der Waals surface area contributed by atoms with E-state index in [1.165, 1.54) is 19.2 Å². The highest BCUT2D eigenvalue weighted by molar-refractivity contribution is 6.35. The second-order valence-corrected chi connectivity index (χ2v) is 12.7. The van der Waals surface area contributed by atoms with Gasteiger partial charge in [-0.25, -0.2) is 9.18 Å². The molecule has 3 aromatic heterocycles. The van der Waals surface area contributed by atoms with Crippen LogP contribution in [-0.4, -0.2) is 54.0 Å². The Kier molecular flexibility index (Phi) is 9.78. The molecule has 0 spiro atoms. The van der Waals surface area contributed by atoms with Crippen LogP contribution in [-0.2, 0) is 56.2 Å². The number of halogens is 2. The number of rotatable bonds is 12. The van der Waals surface area contributed by atoms with Crippen molar-refractivity contribution in [3.63, 3.8) is 0 Å². The van der Waals surface area contributed by atoms with Crippen LogP contribution in [0.2, 0.25) is 5.02 Å². The summed E-state index contributed by atoms with van der Waals surface area (Å²) in [6.45, 7) is 4.71. The number of hydrogen-bond acceptors (Lipinski definition) is 7. The first-order valence-electron chi connectivity index (χ1n) is 16.1. The third kappa shape index (κ3) is 6.53. The van der Waals surface area contributed by atoms with E-state index in [1.54, 1.807) is 16.8 Å². The van der Waals surface area contributed by atoms with Crippen molar-refractivity contribution in [1.82, 2.24) is 24.1 Å². The Balaban J connectivity index is 1.23. The lowest BCUT2D eigenvalue weighted by molar-refractivity contribution is 0.0587. The first kappa shape index (κ1) is 34.2. The highest BCUT2D eigenvalue weighted by Crippen LogP contribution is 2.42. The van der Waals surface area contributed by atoms with Gasteiger partial charge in [-0.1, -0.05) is 17.7 Å². The number of benzene rings is 3. The molecule has 6 rings (SSSR count). The maximum atomic E-state index is 13.8. The predicted molar refractivity (Wildman–Crippen MR) is 186 cm³/mol. The van der Waals surface area contributed by atoms with E-state index >= 15 is 0 Å². The van der Waals surface area contributed by atoms with Gasteiger partial charge in [0.1, 0.15) is 17.3 Å². The van der Waals surface area contributed by atoms with Crippen LogP contribution in [0.3, 0.4) is 0 Å². The summed E-state index contributed by atoms with van der Waals surface area (Å²) >= 11 is 6.92. The number of aromatic nitrogens is 5. The summed E-state index contributed by atoms with van der Waals surface area (Å²) in [5.41, 5.74) is 7.80. The monoisotopic (exact) mass is 687 g/mol. The molecule has 12 heteroatoms. The van der Waals surface area contributed by atoms with Crippen molar-refractivity contribution in [3.05, 3.63) is 99.0 Å². The molecule has 0 unspecified atom stereocenters. The van der Waals surface area contributed by atoms with Crippen molar-refractivity contribution in [2.45, 2.75) is 52.9 Å². The summed E-state index contributed by atoms with van der Waals surface area (Å²) in [5.74, 6) is -0.670. The number of carbonyl (C=O) groups excluding carboxylic acids is 1. The van der Waals surface area contributed by atoms with E-state index in [1.807, 2.05) is 61.5 Å². The number of carbonyl (C=O) groups is 1. The van der Waals surface area contributed by atoms with Gasteiger partial charge in [0.15, 0.2) is 0 Å². The summed E-state index contributed by atoms with van der Waals surface area (Å²) in [7, 11) is 5.10. The van der Waals surface area contributed by atoms with Crippen molar-refractivity contribution < 1.29 is 28.9 Å². The predicted octanol–water partition coefficient (Wildman–Crippen LogP) is 6.71. The zero-order valence-corrected chi connectivity index (χ0v) is 28.9. The van der Waals surface area contributed by atoms with Crippen LogP contribution >= 0.6 is 11.6 Å². The molecule has 0 fully saturated rings. The lowest BCUT2D eigenvalue weighted by atomic mass is 9.97. The van der Waals surface area contributed by atoms with Gasteiger partial charge in [0.05, 0.1) is 31.7 Å².